The van der Waals surface area contributed by atoms with E-state index in [2.05, 4.69) is 19.2 Å². The molecule has 0 aliphatic heterocycles. The molecule has 1 amide bonds. The van der Waals surface area contributed by atoms with E-state index < -0.39 is 0 Å². The molecule has 0 bridgehead atoms. The van der Waals surface area contributed by atoms with E-state index in [-0.39, 0.29) is 11.8 Å². The van der Waals surface area contributed by atoms with Crippen LogP contribution in [-0.2, 0) is 9.53 Å². The molecule has 0 spiro atoms. The Bertz CT molecular complexity index is 263. The second-order valence-corrected chi connectivity index (χ2v) is 6.34. The summed E-state index contributed by atoms with van der Waals surface area (Å²) in [7, 11) is 0. The van der Waals surface area contributed by atoms with Gasteiger partial charge in [0.25, 0.3) is 0 Å². The summed E-state index contributed by atoms with van der Waals surface area (Å²) >= 11 is 0. The average Bonchev–Trinajstić information content (AvgIpc) is 2.45. The van der Waals surface area contributed by atoms with Gasteiger partial charge in [0, 0.05) is 19.7 Å². The summed E-state index contributed by atoms with van der Waals surface area (Å²) in [4.78, 5) is 11.9. The maximum absolute atomic E-state index is 11.9. The Morgan fingerprint density at radius 1 is 1.30 bits per heavy atom. The molecule has 0 heterocycles. The number of rotatable bonds is 9. The maximum Gasteiger partial charge on any atom is 0.224 e. The highest BCUT2D eigenvalue weighted by Gasteiger charge is 2.17. The third-order valence-electron chi connectivity index (χ3n) is 3.94. The topological polar surface area (TPSA) is 64.4 Å². The number of hydrogen-bond donors (Lipinski definition) is 2. The van der Waals surface area contributed by atoms with Gasteiger partial charge in [-0.2, -0.15) is 0 Å². The summed E-state index contributed by atoms with van der Waals surface area (Å²) in [6.07, 6.45) is 8.57. The monoisotopic (exact) mass is 284 g/mol. The fraction of sp³-hybridized carbons (Fsp3) is 0.938. The lowest BCUT2D eigenvalue weighted by Gasteiger charge is -2.22. The van der Waals surface area contributed by atoms with Crippen LogP contribution in [0.15, 0.2) is 0 Å². The molecule has 1 aliphatic carbocycles. The highest BCUT2D eigenvalue weighted by Crippen LogP contribution is 2.20. The van der Waals surface area contributed by atoms with Crippen molar-refractivity contribution in [3.05, 3.63) is 0 Å². The number of nitrogens with one attached hydrogen (secondary N) is 1. The predicted octanol–water partition coefficient (Wildman–Crippen LogP) is 2.46. The third kappa shape index (κ3) is 7.25. The Balaban J connectivity index is 2.05. The molecule has 1 saturated carbocycles. The van der Waals surface area contributed by atoms with E-state index in [9.17, 15) is 4.79 Å². The molecule has 1 unspecified atom stereocenters. The molecule has 0 aromatic heterocycles. The highest BCUT2D eigenvalue weighted by molar-refractivity contribution is 5.78. The number of carbonyl (C=O) groups is 1. The van der Waals surface area contributed by atoms with Crippen molar-refractivity contribution in [3.63, 3.8) is 0 Å². The van der Waals surface area contributed by atoms with Crippen LogP contribution < -0.4 is 11.1 Å². The largest absolute Gasteiger partial charge is 0.378 e. The number of amides is 1. The van der Waals surface area contributed by atoms with Crippen molar-refractivity contribution in [2.75, 3.05) is 19.7 Å². The van der Waals surface area contributed by atoms with Crippen LogP contribution in [0.25, 0.3) is 0 Å². The van der Waals surface area contributed by atoms with Gasteiger partial charge in [-0.15, -0.1) is 0 Å². The number of hydrogen-bond acceptors (Lipinski definition) is 3. The summed E-state index contributed by atoms with van der Waals surface area (Å²) in [5, 5.41) is 2.98. The first-order valence-corrected chi connectivity index (χ1v) is 8.22. The molecule has 0 aromatic rings. The van der Waals surface area contributed by atoms with Gasteiger partial charge in [-0.3, -0.25) is 4.79 Å². The summed E-state index contributed by atoms with van der Waals surface area (Å²) in [5.41, 5.74) is 5.66. The molecule has 0 saturated heterocycles. The summed E-state index contributed by atoms with van der Waals surface area (Å²) in [5.74, 6) is 0.553. The fourth-order valence-electron chi connectivity index (χ4n) is 2.79. The molecule has 4 heteroatoms. The molecule has 20 heavy (non-hydrogen) atoms. The van der Waals surface area contributed by atoms with Crippen LogP contribution in [0.5, 0.6) is 0 Å². The molecule has 4 nitrogen and oxygen atoms in total. The van der Waals surface area contributed by atoms with E-state index in [1.165, 1.54) is 32.1 Å². The zero-order chi connectivity index (χ0) is 14.8. The first-order valence-electron chi connectivity index (χ1n) is 8.22. The molecule has 118 valence electrons. The second-order valence-electron chi connectivity index (χ2n) is 6.34. The lowest BCUT2D eigenvalue weighted by Crippen LogP contribution is -2.36. The first kappa shape index (κ1) is 17.4. The van der Waals surface area contributed by atoms with Crippen molar-refractivity contribution in [2.45, 2.75) is 64.9 Å². The molecular formula is C16H32N2O2. The van der Waals surface area contributed by atoms with Gasteiger partial charge in [-0.25, -0.2) is 0 Å². The standard InChI is InChI=1S/C16H32N2O2/c1-13(2)11-14(12-17)16(19)18-9-6-10-20-15-7-4-3-5-8-15/h13-15H,3-12,17H2,1-2H3,(H,18,19). The first-order chi connectivity index (χ1) is 9.63. The Labute approximate surface area is 123 Å². The highest BCUT2D eigenvalue weighted by atomic mass is 16.5. The molecule has 0 radical (unpaired) electrons. The fourth-order valence-corrected chi connectivity index (χ4v) is 2.79. The van der Waals surface area contributed by atoms with E-state index >= 15 is 0 Å². The molecule has 1 fully saturated rings. The molecule has 0 aromatic carbocycles. The minimum atomic E-state index is -0.0470. The van der Waals surface area contributed by atoms with Crippen molar-refractivity contribution in [1.29, 1.82) is 0 Å². The van der Waals surface area contributed by atoms with E-state index in [1.807, 2.05) is 0 Å². The van der Waals surface area contributed by atoms with E-state index in [1.54, 1.807) is 0 Å². The van der Waals surface area contributed by atoms with Gasteiger partial charge in [0.05, 0.1) is 12.0 Å². The Kier molecular flexibility index (Phi) is 8.86. The predicted molar refractivity (Wildman–Crippen MR) is 82.5 cm³/mol. The van der Waals surface area contributed by atoms with Crippen molar-refractivity contribution < 1.29 is 9.53 Å². The van der Waals surface area contributed by atoms with Gasteiger partial charge >= 0.3 is 0 Å². The Morgan fingerprint density at radius 3 is 2.60 bits per heavy atom. The Hall–Kier alpha value is -0.610. The average molecular weight is 284 g/mol. The van der Waals surface area contributed by atoms with Crippen molar-refractivity contribution in [3.8, 4) is 0 Å². The van der Waals surface area contributed by atoms with Gasteiger partial charge in [-0.05, 0) is 31.6 Å². The van der Waals surface area contributed by atoms with Crippen molar-refractivity contribution >= 4 is 5.91 Å². The SMILES string of the molecule is CC(C)CC(CN)C(=O)NCCCOC1CCCCC1. The minimum Gasteiger partial charge on any atom is -0.378 e. The van der Waals surface area contributed by atoms with Crippen LogP contribution >= 0.6 is 0 Å². The van der Waals surface area contributed by atoms with Crippen LogP contribution in [0.4, 0.5) is 0 Å². The van der Waals surface area contributed by atoms with Gasteiger partial charge in [-0.1, -0.05) is 33.1 Å². The number of nitrogens with two attached hydrogens (primary N) is 1. The Morgan fingerprint density at radius 2 is 2.00 bits per heavy atom. The lowest BCUT2D eigenvalue weighted by atomic mass is 9.96. The number of carbonyl (C=O) groups excluding carboxylic acids is 1. The zero-order valence-electron chi connectivity index (χ0n) is 13.2. The summed E-state index contributed by atoms with van der Waals surface area (Å²) in [6.45, 7) is 6.12. The van der Waals surface area contributed by atoms with Crippen LogP contribution in [0, 0.1) is 11.8 Å². The second kappa shape index (κ2) is 10.2. The molecule has 1 atom stereocenters. The molecular weight excluding hydrogens is 252 g/mol. The van der Waals surface area contributed by atoms with Crippen molar-refractivity contribution in [1.82, 2.24) is 5.32 Å². The normalized spacial score (nSPS) is 18.2. The third-order valence-corrected chi connectivity index (χ3v) is 3.94. The van der Waals surface area contributed by atoms with Gasteiger partial charge in [0.15, 0.2) is 0 Å². The smallest absolute Gasteiger partial charge is 0.224 e. The van der Waals surface area contributed by atoms with Gasteiger partial charge in [0.1, 0.15) is 0 Å². The van der Waals surface area contributed by atoms with Crippen LogP contribution in [0.1, 0.15) is 58.8 Å². The van der Waals surface area contributed by atoms with Gasteiger partial charge in [0.2, 0.25) is 5.91 Å². The maximum atomic E-state index is 11.9. The van der Waals surface area contributed by atoms with Gasteiger partial charge < -0.3 is 15.8 Å². The summed E-state index contributed by atoms with van der Waals surface area (Å²) in [6, 6.07) is 0. The van der Waals surface area contributed by atoms with Crippen LogP contribution in [0.3, 0.4) is 0 Å². The molecule has 1 aliphatic rings. The van der Waals surface area contributed by atoms with Crippen molar-refractivity contribution in [2.24, 2.45) is 17.6 Å². The molecule has 3 N–H and O–H groups in total. The summed E-state index contributed by atoms with van der Waals surface area (Å²) < 4.78 is 5.84. The van der Waals surface area contributed by atoms with Crippen LogP contribution in [-0.4, -0.2) is 31.7 Å². The van der Waals surface area contributed by atoms with E-state index in [4.69, 9.17) is 10.5 Å². The zero-order valence-corrected chi connectivity index (χ0v) is 13.2. The van der Waals surface area contributed by atoms with E-state index in [0.29, 0.717) is 25.1 Å². The quantitative estimate of drug-likeness (QED) is 0.639. The molecule has 1 rings (SSSR count). The number of ether oxygens (including phenoxy) is 1. The van der Waals surface area contributed by atoms with Crippen LogP contribution in [0.2, 0.25) is 0 Å². The van der Waals surface area contributed by atoms with E-state index in [0.717, 1.165) is 19.4 Å². The lowest BCUT2D eigenvalue weighted by molar-refractivity contribution is -0.125. The minimum absolute atomic E-state index is 0.0470.